The van der Waals surface area contributed by atoms with Crippen LogP contribution < -0.4 is 0 Å². The van der Waals surface area contributed by atoms with Gasteiger partial charge in [-0.1, -0.05) is 83.1 Å². The highest BCUT2D eigenvalue weighted by atomic mass is 16.5. The van der Waals surface area contributed by atoms with Gasteiger partial charge in [0.2, 0.25) is 0 Å². The highest BCUT2D eigenvalue weighted by Gasteiger charge is 1.89. The first-order valence-electron chi connectivity index (χ1n) is 8.46. The quantitative estimate of drug-likeness (QED) is 0.343. The molecule has 0 radical (unpaired) electrons. The van der Waals surface area contributed by atoms with Crippen LogP contribution in [-0.2, 0) is 14.3 Å². The topological polar surface area (TPSA) is 63.6 Å². The monoisotopic (exact) mass is 368 g/mol. The number of carbonyl (C=O) groups is 2. The van der Waals surface area contributed by atoms with E-state index in [-0.39, 0.29) is 5.97 Å². The minimum atomic E-state index is -0.957. The molecule has 0 aliphatic rings. The van der Waals surface area contributed by atoms with Crippen molar-refractivity contribution in [2.75, 3.05) is 7.11 Å². The zero-order valence-corrected chi connectivity index (χ0v) is 16.6. The van der Waals surface area contributed by atoms with Gasteiger partial charge in [-0.15, -0.1) is 0 Å². The van der Waals surface area contributed by atoms with Crippen LogP contribution in [0.25, 0.3) is 0 Å². The fourth-order valence-corrected chi connectivity index (χ4v) is 1.66. The fraction of sp³-hybridized carbons (Fsp3) is 0.217. The fourth-order valence-electron chi connectivity index (χ4n) is 1.66. The summed E-state index contributed by atoms with van der Waals surface area (Å²) in [6.07, 6.45) is 21.2. The molecule has 0 amide bonds. The molecule has 0 unspecified atom stereocenters. The summed E-state index contributed by atoms with van der Waals surface area (Å²) < 4.78 is 4.54. The van der Waals surface area contributed by atoms with Crippen molar-refractivity contribution in [3.63, 3.8) is 0 Å². The molecule has 0 aliphatic carbocycles. The van der Waals surface area contributed by atoms with Crippen LogP contribution in [-0.4, -0.2) is 24.2 Å². The number of methoxy groups -OCH3 is 1. The minimum absolute atomic E-state index is 0.376. The maximum Gasteiger partial charge on any atom is 0.330 e. The minimum Gasteiger partial charge on any atom is -0.478 e. The molecule has 27 heavy (non-hydrogen) atoms. The van der Waals surface area contributed by atoms with Crippen molar-refractivity contribution in [3.05, 3.63) is 95.2 Å². The number of carbonyl (C=O) groups excluding carboxylic acids is 1. The first-order chi connectivity index (χ1) is 12.7. The second-order valence-electron chi connectivity index (χ2n) is 5.89. The van der Waals surface area contributed by atoms with E-state index in [1.165, 1.54) is 13.2 Å². The largest absolute Gasteiger partial charge is 0.478 e. The Bertz CT molecular complexity index is 751. The average Bonchev–Trinajstić information content (AvgIpc) is 2.62. The third-order valence-electron chi connectivity index (χ3n) is 3.22. The third kappa shape index (κ3) is 14.9. The maximum absolute atomic E-state index is 11.0. The lowest BCUT2D eigenvalue weighted by molar-refractivity contribution is -0.135. The SMILES string of the molecule is COC(=O)C=CC(C)=CC=CC(C)=CC=C(C)C=CC=C(C)C=CC(=O)O. The van der Waals surface area contributed by atoms with Gasteiger partial charge in [-0.05, 0) is 27.7 Å². The van der Waals surface area contributed by atoms with Gasteiger partial charge < -0.3 is 9.84 Å². The van der Waals surface area contributed by atoms with Crippen LogP contribution in [0, 0.1) is 0 Å². The number of esters is 1. The normalized spacial score (nSPS) is 14.9. The second kappa shape index (κ2) is 14.1. The van der Waals surface area contributed by atoms with Gasteiger partial charge in [0.05, 0.1) is 7.11 Å². The lowest BCUT2D eigenvalue weighted by Gasteiger charge is -1.92. The summed E-state index contributed by atoms with van der Waals surface area (Å²) in [5.74, 6) is -1.33. The Kier molecular flexibility index (Phi) is 12.4. The standard InChI is InChI=1S/C23H28O4/c1-18(8-6-10-20(3)14-16-22(24)25)12-13-19(2)9-7-11-21(4)15-17-23(26)27-5/h6-17H,1-5H3,(H,24,25). The van der Waals surface area contributed by atoms with Gasteiger partial charge in [0, 0.05) is 12.2 Å². The lowest BCUT2D eigenvalue weighted by atomic mass is 10.1. The molecule has 1 N–H and O–H groups in total. The Morgan fingerprint density at radius 1 is 0.630 bits per heavy atom. The Morgan fingerprint density at radius 2 is 1.04 bits per heavy atom. The molecule has 4 nitrogen and oxygen atoms in total. The molecular formula is C23H28O4. The number of ether oxygens (including phenoxy) is 1. The first kappa shape index (κ1) is 23.9. The number of hydrogen-bond acceptors (Lipinski definition) is 3. The van der Waals surface area contributed by atoms with Gasteiger partial charge in [-0.25, -0.2) is 9.59 Å². The van der Waals surface area contributed by atoms with E-state index >= 15 is 0 Å². The van der Waals surface area contributed by atoms with E-state index in [0.717, 1.165) is 28.4 Å². The van der Waals surface area contributed by atoms with Gasteiger partial charge >= 0.3 is 11.9 Å². The van der Waals surface area contributed by atoms with Crippen LogP contribution in [0.2, 0.25) is 0 Å². The van der Waals surface area contributed by atoms with Crippen LogP contribution in [0.4, 0.5) is 0 Å². The maximum atomic E-state index is 11.0. The van der Waals surface area contributed by atoms with Crippen molar-refractivity contribution in [2.45, 2.75) is 27.7 Å². The van der Waals surface area contributed by atoms with Crippen molar-refractivity contribution < 1.29 is 19.4 Å². The summed E-state index contributed by atoms with van der Waals surface area (Å²) in [4.78, 5) is 21.5. The summed E-state index contributed by atoms with van der Waals surface area (Å²) in [5, 5.41) is 8.57. The van der Waals surface area contributed by atoms with Gasteiger partial charge in [0.25, 0.3) is 0 Å². The highest BCUT2D eigenvalue weighted by Crippen LogP contribution is 2.04. The van der Waals surface area contributed by atoms with Crippen molar-refractivity contribution in [1.82, 2.24) is 0 Å². The van der Waals surface area contributed by atoms with Crippen LogP contribution in [0.3, 0.4) is 0 Å². The van der Waals surface area contributed by atoms with E-state index in [9.17, 15) is 9.59 Å². The number of rotatable bonds is 9. The average molecular weight is 368 g/mol. The first-order valence-corrected chi connectivity index (χ1v) is 8.46. The third-order valence-corrected chi connectivity index (χ3v) is 3.22. The summed E-state index contributed by atoms with van der Waals surface area (Å²) in [6, 6.07) is 0. The molecule has 4 heteroatoms. The van der Waals surface area contributed by atoms with Crippen molar-refractivity contribution >= 4 is 11.9 Å². The Balaban J connectivity index is 4.75. The van der Waals surface area contributed by atoms with Crippen LogP contribution in [0.5, 0.6) is 0 Å². The molecule has 0 rings (SSSR count). The van der Waals surface area contributed by atoms with E-state index < -0.39 is 5.97 Å². The second-order valence-corrected chi connectivity index (χ2v) is 5.89. The van der Waals surface area contributed by atoms with Crippen LogP contribution in [0.15, 0.2) is 95.2 Å². The molecule has 0 atom stereocenters. The van der Waals surface area contributed by atoms with Crippen LogP contribution in [0.1, 0.15) is 27.7 Å². The predicted molar refractivity (Wildman–Crippen MR) is 111 cm³/mol. The van der Waals surface area contributed by atoms with E-state index in [2.05, 4.69) is 4.74 Å². The van der Waals surface area contributed by atoms with Gasteiger partial charge in [-0.3, -0.25) is 0 Å². The Hall–Kier alpha value is -3.14. The van der Waals surface area contributed by atoms with Crippen molar-refractivity contribution in [3.8, 4) is 0 Å². The number of aliphatic carboxylic acids is 1. The molecule has 0 aromatic rings. The van der Waals surface area contributed by atoms with Gasteiger partial charge in [0.15, 0.2) is 0 Å². The predicted octanol–water partition coefficient (Wildman–Crippen LogP) is 5.25. The molecule has 144 valence electrons. The molecule has 0 bridgehead atoms. The summed E-state index contributed by atoms with van der Waals surface area (Å²) in [6.45, 7) is 7.73. The number of carboxylic acid groups (broad SMARTS) is 1. The van der Waals surface area contributed by atoms with Crippen molar-refractivity contribution in [2.24, 2.45) is 0 Å². The van der Waals surface area contributed by atoms with Crippen LogP contribution >= 0.6 is 0 Å². The molecule has 0 saturated heterocycles. The number of carboxylic acids is 1. The zero-order valence-electron chi connectivity index (χ0n) is 16.6. The molecule has 0 heterocycles. The van der Waals surface area contributed by atoms with E-state index in [1.807, 2.05) is 76.3 Å². The molecule has 0 fully saturated rings. The zero-order chi connectivity index (χ0) is 20.7. The Labute approximate surface area is 161 Å². The van der Waals surface area contributed by atoms with Gasteiger partial charge in [0.1, 0.15) is 0 Å². The summed E-state index contributed by atoms with van der Waals surface area (Å²) >= 11 is 0. The molecule has 0 aliphatic heterocycles. The molecular weight excluding hydrogens is 340 g/mol. The molecule has 0 aromatic carbocycles. The highest BCUT2D eigenvalue weighted by molar-refractivity contribution is 5.82. The lowest BCUT2D eigenvalue weighted by Crippen LogP contribution is -1.93. The van der Waals surface area contributed by atoms with E-state index in [4.69, 9.17) is 5.11 Å². The number of allylic oxidation sites excluding steroid dienone is 14. The molecule has 0 aromatic heterocycles. The van der Waals surface area contributed by atoms with Gasteiger partial charge in [-0.2, -0.15) is 0 Å². The molecule has 0 spiro atoms. The summed E-state index contributed by atoms with van der Waals surface area (Å²) in [7, 11) is 1.35. The van der Waals surface area contributed by atoms with E-state index in [1.54, 1.807) is 12.2 Å². The van der Waals surface area contributed by atoms with Crippen molar-refractivity contribution in [1.29, 1.82) is 0 Å². The molecule has 0 saturated carbocycles. The smallest absolute Gasteiger partial charge is 0.330 e. The summed E-state index contributed by atoms with van der Waals surface area (Å²) in [5.41, 5.74) is 3.96. The Morgan fingerprint density at radius 3 is 1.44 bits per heavy atom. The van der Waals surface area contributed by atoms with E-state index in [0.29, 0.717) is 0 Å². The number of hydrogen-bond donors (Lipinski definition) is 1.